The lowest BCUT2D eigenvalue weighted by Crippen LogP contribution is -2.31. The zero-order chi connectivity index (χ0) is 6.78. The van der Waals surface area contributed by atoms with Crippen molar-refractivity contribution in [3.8, 4) is 0 Å². The quantitative estimate of drug-likeness (QED) is 0.495. The molecule has 0 saturated carbocycles. The van der Waals surface area contributed by atoms with Crippen LogP contribution in [-0.4, -0.2) is 23.8 Å². The molecule has 0 aromatic rings. The number of hydrogen-bond acceptors (Lipinski definition) is 2. The van der Waals surface area contributed by atoms with E-state index >= 15 is 0 Å². The molecule has 0 radical (unpaired) electrons. The van der Waals surface area contributed by atoms with Crippen LogP contribution in [0.4, 0.5) is 4.39 Å². The molecular weight excluding hydrogens is 101 g/mol. The summed E-state index contributed by atoms with van der Waals surface area (Å²) in [6.45, 7) is -1.37. The number of carboxylic acid groups (broad SMARTS) is 1. The summed E-state index contributed by atoms with van der Waals surface area (Å²) in [5.41, 5.74) is 4.55. The number of halogens is 1. The van der Waals surface area contributed by atoms with Crippen LogP contribution < -0.4 is 5.73 Å². The Morgan fingerprint density at radius 3 is 2.71 bits per heavy atom. The molecule has 1 atom stereocenters. The first-order valence-electron chi connectivity index (χ1n) is 2.09. The minimum Gasteiger partial charge on any atom is -0.480 e. The van der Waals surface area contributed by atoms with Crippen LogP contribution in [0.15, 0.2) is 0 Å². The van der Waals surface area contributed by atoms with Crippen molar-refractivity contribution in [2.45, 2.75) is 6.02 Å². The highest BCUT2D eigenvalue weighted by atomic mass is 19.1. The first kappa shape index (κ1) is 4.52. The van der Waals surface area contributed by atoms with Crippen molar-refractivity contribution in [3.05, 3.63) is 0 Å². The highest BCUT2D eigenvalue weighted by molar-refractivity contribution is 5.73. The Balaban J connectivity index is 3.91. The van der Waals surface area contributed by atoms with Gasteiger partial charge in [-0.1, -0.05) is 0 Å². The fourth-order valence-corrected chi connectivity index (χ4v) is 0.0572. The highest BCUT2D eigenvalue weighted by Gasteiger charge is 2.08. The van der Waals surface area contributed by atoms with Gasteiger partial charge in [0.05, 0.1) is 1.37 Å². The minimum atomic E-state index is -2.46. The maximum absolute atomic E-state index is 11.3. The molecule has 0 amide bonds. The summed E-state index contributed by atoms with van der Waals surface area (Å²) >= 11 is 0. The van der Waals surface area contributed by atoms with E-state index in [4.69, 9.17) is 6.48 Å². The minimum absolute atomic E-state index is 1.37. The molecule has 0 aliphatic heterocycles. The second kappa shape index (κ2) is 2.52. The zero-order valence-corrected chi connectivity index (χ0v) is 3.52. The van der Waals surface area contributed by atoms with Crippen molar-refractivity contribution in [2.24, 2.45) is 5.73 Å². The number of rotatable bonds is 2. The topological polar surface area (TPSA) is 63.3 Å². The van der Waals surface area contributed by atoms with Crippen LogP contribution in [0, 0.1) is 0 Å². The summed E-state index contributed by atoms with van der Waals surface area (Å²) in [6, 6.07) is -2.46. The molecule has 7 heavy (non-hydrogen) atoms. The molecule has 3 nitrogen and oxygen atoms in total. The largest absolute Gasteiger partial charge is 0.480 e. The van der Waals surface area contributed by atoms with Gasteiger partial charge in [0.15, 0.2) is 0 Å². The molecule has 0 aliphatic carbocycles. The molecule has 42 valence electrons. The molecule has 0 aromatic heterocycles. The highest BCUT2D eigenvalue weighted by Crippen LogP contribution is 1.76. The van der Waals surface area contributed by atoms with E-state index in [1.165, 1.54) is 0 Å². The van der Waals surface area contributed by atoms with Crippen molar-refractivity contribution in [1.29, 1.82) is 0 Å². The number of aliphatic carboxylic acids is 1. The van der Waals surface area contributed by atoms with E-state index in [1.807, 2.05) is 0 Å². The van der Waals surface area contributed by atoms with E-state index in [0.717, 1.165) is 0 Å². The smallest absolute Gasteiger partial charge is 0.323 e. The van der Waals surface area contributed by atoms with Crippen LogP contribution in [0.3, 0.4) is 0 Å². The zero-order valence-electron chi connectivity index (χ0n) is 4.52. The average molecular weight is 108 g/mol. The molecular formula is C3H6FNO2. The molecule has 1 unspecified atom stereocenters. The van der Waals surface area contributed by atoms with Crippen LogP contribution in [0.1, 0.15) is 1.37 Å². The number of hydrogen-bond donors (Lipinski definition) is 2. The molecule has 0 aromatic carbocycles. The van der Waals surface area contributed by atoms with Crippen LogP contribution in [0.5, 0.6) is 0 Å². The second-order valence-electron chi connectivity index (χ2n) is 0.964. The Hall–Kier alpha value is -0.640. The molecule has 0 spiro atoms. The number of carbonyl (C=O) groups is 1. The molecule has 4 heteroatoms. The van der Waals surface area contributed by atoms with Crippen LogP contribution >= 0.6 is 0 Å². The van der Waals surface area contributed by atoms with Crippen molar-refractivity contribution in [3.63, 3.8) is 0 Å². The van der Waals surface area contributed by atoms with Gasteiger partial charge in [0.2, 0.25) is 0 Å². The summed E-state index contributed by atoms with van der Waals surface area (Å²) in [7, 11) is 0. The van der Waals surface area contributed by atoms with E-state index in [9.17, 15) is 9.18 Å². The molecule has 0 fully saturated rings. The third-order valence-corrected chi connectivity index (χ3v) is 0.419. The van der Waals surface area contributed by atoms with Gasteiger partial charge in [-0.25, -0.2) is 4.39 Å². The van der Waals surface area contributed by atoms with Crippen molar-refractivity contribution >= 4 is 5.97 Å². The standard InChI is InChI=1S/C3H6FNO2/c4-1-2(5)3(6)7/h2H,1,5H2,(H,6,7)/i2D. The van der Waals surface area contributed by atoms with Gasteiger partial charge in [0, 0.05) is 0 Å². The Kier molecular flexibility index (Phi) is 1.63. The van der Waals surface area contributed by atoms with Crippen molar-refractivity contribution in [1.82, 2.24) is 0 Å². The van der Waals surface area contributed by atoms with Crippen molar-refractivity contribution < 1.29 is 15.7 Å². The predicted octanol–water partition coefficient (Wildman–Crippen LogP) is -0.632. The van der Waals surface area contributed by atoms with Crippen LogP contribution in [0.25, 0.3) is 0 Å². The number of nitrogens with two attached hydrogens (primary N) is 1. The first-order chi connectivity index (χ1) is 3.50. The summed E-state index contributed by atoms with van der Waals surface area (Å²) in [6.07, 6.45) is 0. The Morgan fingerprint density at radius 2 is 2.71 bits per heavy atom. The first-order valence-corrected chi connectivity index (χ1v) is 1.59. The molecule has 0 aliphatic rings. The van der Waals surface area contributed by atoms with E-state index in [2.05, 4.69) is 5.73 Å². The molecule has 0 rings (SSSR count). The summed E-state index contributed by atoms with van der Waals surface area (Å²) in [5, 5.41) is 7.89. The summed E-state index contributed by atoms with van der Waals surface area (Å²) < 4.78 is 17.8. The Bertz CT molecular complexity index is 105. The van der Waals surface area contributed by atoms with Gasteiger partial charge in [-0.2, -0.15) is 0 Å². The van der Waals surface area contributed by atoms with Crippen LogP contribution in [-0.2, 0) is 4.79 Å². The van der Waals surface area contributed by atoms with Crippen molar-refractivity contribution in [2.75, 3.05) is 6.67 Å². The Morgan fingerprint density at radius 1 is 2.29 bits per heavy atom. The van der Waals surface area contributed by atoms with Gasteiger partial charge < -0.3 is 10.8 Å². The number of alkyl halides is 1. The van der Waals surface area contributed by atoms with E-state index in [-0.39, 0.29) is 0 Å². The SMILES string of the molecule is [2H]C(N)(CF)C(=O)O. The van der Waals surface area contributed by atoms with Gasteiger partial charge in [-0.15, -0.1) is 0 Å². The molecule has 0 saturated heterocycles. The monoisotopic (exact) mass is 108 g/mol. The third-order valence-electron chi connectivity index (χ3n) is 0.419. The average Bonchev–Trinajstić information content (AvgIpc) is 1.67. The fraction of sp³-hybridized carbons (Fsp3) is 0.667. The molecule has 3 N–H and O–H groups in total. The van der Waals surface area contributed by atoms with E-state index in [0.29, 0.717) is 0 Å². The van der Waals surface area contributed by atoms with Crippen LogP contribution in [0.2, 0.25) is 0 Å². The summed E-state index contributed by atoms with van der Waals surface area (Å²) in [5.74, 6) is -1.65. The van der Waals surface area contributed by atoms with Gasteiger partial charge >= 0.3 is 5.97 Å². The van der Waals surface area contributed by atoms with E-state index in [1.54, 1.807) is 0 Å². The van der Waals surface area contributed by atoms with Gasteiger partial charge in [0.1, 0.15) is 12.7 Å². The van der Waals surface area contributed by atoms with E-state index < -0.39 is 18.7 Å². The fourth-order valence-electron chi connectivity index (χ4n) is 0.0572. The number of carboxylic acids is 1. The summed E-state index contributed by atoms with van der Waals surface area (Å²) in [4.78, 5) is 9.70. The maximum Gasteiger partial charge on any atom is 0.323 e. The maximum atomic E-state index is 11.3. The normalized spacial score (nSPS) is 20.0. The second-order valence-corrected chi connectivity index (χ2v) is 0.964. The van der Waals surface area contributed by atoms with Gasteiger partial charge in [-0.3, -0.25) is 4.79 Å². The lowest BCUT2D eigenvalue weighted by molar-refractivity contribution is -0.138. The predicted molar refractivity (Wildman–Crippen MR) is 21.6 cm³/mol. The Labute approximate surface area is 41.3 Å². The molecule has 0 heterocycles. The third kappa shape index (κ3) is 2.11. The molecule has 0 bridgehead atoms. The lowest BCUT2D eigenvalue weighted by Gasteiger charge is -1.94. The van der Waals surface area contributed by atoms with Gasteiger partial charge in [0.25, 0.3) is 0 Å². The van der Waals surface area contributed by atoms with Gasteiger partial charge in [-0.05, 0) is 0 Å². The lowest BCUT2D eigenvalue weighted by atomic mass is 10.4.